The maximum Gasteiger partial charge on any atom is 0.234 e. The summed E-state index contributed by atoms with van der Waals surface area (Å²) in [6.45, 7) is 9.17. The van der Waals surface area contributed by atoms with Crippen molar-refractivity contribution in [2.75, 3.05) is 11.1 Å². The molecule has 0 unspecified atom stereocenters. The Hall–Kier alpha value is -2.19. The lowest BCUT2D eigenvalue weighted by molar-refractivity contribution is -0.113. The molecule has 2 aromatic heterocycles. The number of anilines is 1. The fourth-order valence-corrected chi connectivity index (χ4v) is 4.58. The van der Waals surface area contributed by atoms with Gasteiger partial charge in [0.05, 0.1) is 5.75 Å². The summed E-state index contributed by atoms with van der Waals surface area (Å²) in [6, 6.07) is 7.91. The predicted octanol–water partition coefficient (Wildman–Crippen LogP) is 5.36. The number of nitrogens with zero attached hydrogens (tertiary/aromatic N) is 4. The first-order valence-corrected chi connectivity index (χ1v) is 11.7. The van der Waals surface area contributed by atoms with E-state index in [2.05, 4.69) is 67.8 Å². The van der Waals surface area contributed by atoms with Crippen LogP contribution in [0.25, 0.3) is 11.4 Å². The molecule has 0 aliphatic heterocycles. The fourth-order valence-electron chi connectivity index (χ4n) is 3.22. The van der Waals surface area contributed by atoms with E-state index in [4.69, 9.17) is 0 Å². The second kappa shape index (κ2) is 10.2. The molecule has 8 heteroatoms. The number of hydrogen-bond donors (Lipinski definition) is 1. The molecule has 0 fully saturated rings. The molecule has 3 rings (SSSR count). The minimum absolute atomic E-state index is 0.0512. The van der Waals surface area contributed by atoms with Crippen molar-refractivity contribution in [1.29, 1.82) is 0 Å². The number of aromatic nitrogens is 4. The highest BCUT2D eigenvalue weighted by Crippen LogP contribution is 2.28. The molecule has 1 amide bonds. The predicted molar refractivity (Wildman–Crippen MR) is 126 cm³/mol. The van der Waals surface area contributed by atoms with E-state index >= 15 is 0 Å². The Morgan fingerprint density at radius 2 is 1.97 bits per heavy atom. The van der Waals surface area contributed by atoms with Crippen LogP contribution in [-0.2, 0) is 17.8 Å². The molecule has 0 aliphatic carbocycles. The van der Waals surface area contributed by atoms with Gasteiger partial charge in [-0.2, -0.15) is 0 Å². The van der Waals surface area contributed by atoms with Crippen LogP contribution in [0, 0.1) is 12.8 Å². The van der Waals surface area contributed by atoms with Crippen LogP contribution in [0.4, 0.5) is 5.69 Å². The number of carbonyl (C=O) groups is 1. The average molecular weight is 488 g/mol. The first-order chi connectivity index (χ1) is 14.4. The van der Waals surface area contributed by atoms with Gasteiger partial charge in [-0.15, -0.1) is 10.2 Å². The lowest BCUT2D eigenvalue weighted by Crippen LogP contribution is -2.17. The summed E-state index contributed by atoms with van der Waals surface area (Å²) in [6.07, 6.45) is 4.34. The molecule has 30 heavy (non-hydrogen) atoms. The number of hydrogen-bond acceptors (Lipinski definition) is 5. The van der Waals surface area contributed by atoms with Gasteiger partial charge in [-0.25, -0.2) is 0 Å². The zero-order valence-corrected chi connectivity index (χ0v) is 20.0. The standard InChI is InChI=1S/C22H26BrN5OS/c1-5-16-11-18(23)10-15(4)20(16)25-19(29)13-30-22-27-26-21(28(22)12-14(2)3)17-6-8-24-9-7-17/h6-11,14H,5,12-13H2,1-4H3,(H,25,29). The minimum atomic E-state index is -0.0512. The van der Waals surface area contributed by atoms with E-state index in [9.17, 15) is 4.79 Å². The van der Waals surface area contributed by atoms with Crippen LogP contribution in [0.5, 0.6) is 0 Å². The topological polar surface area (TPSA) is 72.7 Å². The summed E-state index contributed by atoms with van der Waals surface area (Å²) in [7, 11) is 0. The number of aryl methyl sites for hydroxylation is 2. The highest BCUT2D eigenvalue weighted by molar-refractivity contribution is 9.10. The maximum atomic E-state index is 12.7. The zero-order chi connectivity index (χ0) is 21.7. The van der Waals surface area contributed by atoms with Crippen molar-refractivity contribution in [1.82, 2.24) is 19.7 Å². The van der Waals surface area contributed by atoms with Crippen LogP contribution in [0.15, 0.2) is 46.3 Å². The van der Waals surface area contributed by atoms with Gasteiger partial charge >= 0.3 is 0 Å². The van der Waals surface area contributed by atoms with Gasteiger partial charge < -0.3 is 9.88 Å². The fraction of sp³-hybridized carbons (Fsp3) is 0.364. The highest BCUT2D eigenvalue weighted by Gasteiger charge is 2.17. The molecule has 3 aromatic rings. The van der Waals surface area contributed by atoms with Gasteiger partial charge in [-0.05, 0) is 54.7 Å². The monoisotopic (exact) mass is 487 g/mol. The molecular formula is C22H26BrN5OS. The SMILES string of the molecule is CCc1cc(Br)cc(C)c1NC(=O)CSc1nnc(-c2ccncc2)n1CC(C)C. The number of pyridine rings is 1. The third-order valence-electron chi connectivity index (χ3n) is 4.56. The van der Waals surface area contributed by atoms with Gasteiger partial charge in [0.1, 0.15) is 0 Å². The number of carbonyl (C=O) groups excluding carboxylic acids is 1. The largest absolute Gasteiger partial charge is 0.325 e. The van der Waals surface area contributed by atoms with E-state index in [1.807, 2.05) is 25.1 Å². The molecule has 0 bridgehead atoms. The van der Waals surface area contributed by atoms with E-state index in [1.165, 1.54) is 11.8 Å². The Balaban J connectivity index is 1.76. The molecule has 0 saturated carbocycles. The Kier molecular flexibility index (Phi) is 7.66. The van der Waals surface area contributed by atoms with Crippen LogP contribution in [0.3, 0.4) is 0 Å². The third kappa shape index (κ3) is 5.49. The molecule has 6 nitrogen and oxygen atoms in total. The van der Waals surface area contributed by atoms with Crippen molar-refractivity contribution in [2.45, 2.75) is 45.8 Å². The molecule has 0 saturated heterocycles. The van der Waals surface area contributed by atoms with E-state index < -0.39 is 0 Å². The second-order valence-electron chi connectivity index (χ2n) is 7.49. The van der Waals surface area contributed by atoms with Crippen molar-refractivity contribution in [3.05, 3.63) is 52.3 Å². The van der Waals surface area contributed by atoms with Gasteiger partial charge in [0.15, 0.2) is 11.0 Å². The van der Waals surface area contributed by atoms with Crippen LogP contribution in [0.2, 0.25) is 0 Å². The Morgan fingerprint density at radius 3 is 2.63 bits per heavy atom. The Morgan fingerprint density at radius 1 is 1.23 bits per heavy atom. The van der Waals surface area contributed by atoms with Gasteiger partial charge in [-0.3, -0.25) is 9.78 Å². The summed E-state index contributed by atoms with van der Waals surface area (Å²) >= 11 is 4.93. The molecule has 0 atom stereocenters. The van der Waals surface area contributed by atoms with Crippen LogP contribution in [0.1, 0.15) is 31.9 Å². The normalized spacial score (nSPS) is 11.1. The van der Waals surface area contributed by atoms with Crippen LogP contribution in [-0.4, -0.2) is 31.4 Å². The molecule has 0 aliphatic rings. The summed E-state index contributed by atoms with van der Waals surface area (Å²) < 4.78 is 3.11. The molecule has 158 valence electrons. The molecular weight excluding hydrogens is 462 g/mol. The van der Waals surface area contributed by atoms with E-state index in [0.717, 1.165) is 50.8 Å². The van der Waals surface area contributed by atoms with Crippen molar-refractivity contribution >= 4 is 39.3 Å². The van der Waals surface area contributed by atoms with E-state index in [1.54, 1.807) is 12.4 Å². The number of nitrogens with one attached hydrogen (secondary N) is 1. The van der Waals surface area contributed by atoms with E-state index in [-0.39, 0.29) is 11.7 Å². The van der Waals surface area contributed by atoms with Gasteiger partial charge in [0, 0.05) is 34.7 Å². The summed E-state index contributed by atoms with van der Waals surface area (Å²) in [4.78, 5) is 16.8. The van der Waals surface area contributed by atoms with Gasteiger partial charge in [0.25, 0.3) is 0 Å². The number of amides is 1. The molecule has 2 heterocycles. The first kappa shape index (κ1) is 22.5. The van der Waals surface area contributed by atoms with Crippen molar-refractivity contribution in [2.24, 2.45) is 5.92 Å². The summed E-state index contributed by atoms with van der Waals surface area (Å²) in [5.41, 5.74) is 4.02. The lowest BCUT2D eigenvalue weighted by Gasteiger charge is -2.14. The quantitative estimate of drug-likeness (QED) is 0.432. The lowest BCUT2D eigenvalue weighted by atomic mass is 10.1. The van der Waals surface area contributed by atoms with Crippen LogP contribution >= 0.6 is 27.7 Å². The van der Waals surface area contributed by atoms with E-state index in [0.29, 0.717) is 5.92 Å². The first-order valence-electron chi connectivity index (χ1n) is 9.94. The maximum absolute atomic E-state index is 12.7. The average Bonchev–Trinajstić information content (AvgIpc) is 3.10. The van der Waals surface area contributed by atoms with Crippen molar-refractivity contribution < 1.29 is 4.79 Å². The highest BCUT2D eigenvalue weighted by atomic mass is 79.9. The number of thioether (sulfide) groups is 1. The van der Waals surface area contributed by atoms with Crippen LogP contribution < -0.4 is 5.32 Å². The number of rotatable bonds is 8. The smallest absolute Gasteiger partial charge is 0.234 e. The number of halogens is 1. The van der Waals surface area contributed by atoms with Gasteiger partial charge in [0.2, 0.25) is 5.91 Å². The van der Waals surface area contributed by atoms with Gasteiger partial charge in [-0.1, -0.05) is 48.5 Å². The minimum Gasteiger partial charge on any atom is -0.325 e. The second-order valence-corrected chi connectivity index (χ2v) is 9.35. The van der Waals surface area contributed by atoms with Crippen molar-refractivity contribution in [3.8, 4) is 11.4 Å². The Bertz CT molecular complexity index is 1020. The third-order valence-corrected chi connectivity index (χ3v) is 5.99. The summed E-state index contributed by atoms with van der Waals surface area (Å²) in [5, 5.41) is 12.6. The summed E-state index contributed by atoms with van der Waals surface area (Å²) in [5.74, 6) is 1.44. The zero-order valence-electron chi connectivity index (χ0n) is 17.6. The molecule has 1 N–H and O–H groups in total. The molecule has 0 radical (unpaired) electrons. The van der Waals surface area contributed by atoms with Crippen molar-refractivity contribution in [3.63, 3.8) is 0 Å². The molecule has 0 spiro atoms. The Labute approximate surface area is 190 Å². The molecule has 1 aromatic carbocycles. The number of benzene rings is 1.